The van der Waals surface area contributed by atoms with Crippen molar-refractivity contribution in [2.24, 2.45) is 29.6 Å². The van der Waals surface area contributed by atoms with Crippen molar-refractivity contribution in [1.29, 1.82) is 0 Å². The molecule has 0 amide bonds. The molecule has 0 aromatic heterocycles. The van der Waals surface area contributed by atoms with E-state index in [9.17, 15) is 0 Å². The first-order valence-corrected chi connectivity index (χ1v) is 5.05. The molecule has 5 unspecified atom stereocenters. The minimum absolute atomic E-state index is 0. The minimum Gasteiger partial charge on any atom is -0.381 e. The van der Waals surface area contributed by atoms with Crippen molar-refractivity contribution in [3.05, 3.63) is 11.6 Å². The van der Waals surface area contributed by atoms with Gasteiger partial charge in [-0.3, -0.25) is 0 Å². The molecular weight excluding hydrogens is 148 g/mol. The fraction of sp³-hybridized carbons (Fsp3) is 0.818. The van der Waals surface area contributed by atoms with Crippen molar-refractivity contribution in [2.45, 2.75) is 13.8 Å². The highest BCUT2D eigenvalue weighted by atomic mass is 16.5. The standard InChI is InChI=1S/C11H16O.5H2/c1-6-3-8-7(2)11(6)10-5-12-4-9(8)10;;;;;/h3,7-11H,4-5H2,1-2H3;5*1H. The van der Waals surface area contributed by atoms with Crippen LogP contribution in [0.5, 0.6) is 0 Å². The van der Waals surface area contributed by atoms with Crippen LogP contribution in [0.25, 0.3) is 0 Å². The largest absolute Gasteiger partial charge is 0.381 e. The Hall–Kier alpha value is -0.300. The van der Waals surface area contributed by atoms with Gasteiger partial charge in [-0.25, -0.2) is 0 Å². The average molecular weight is 174 g/mol. The Kier molecular flexibility index (Phi) is 1.27. The summed E-state index contributed by atoms with van der Waals surface area (Å²) in [4.78, 5) is 0. The lowest BCUT2D eigenvalue weighted by Gasteiger charge is -2.21. The Morgan fingerprint density at radius 2 is 2.17 bits per heavy atom. The average Bonchev–Trinajstić information content (AvgIpc) is 2.61. The SMILES string of the molecule is CC1=CC2C(C)C1C1COCC21.[HH].[HH].[HH].[HH].[HH]. The van der Waals surface area contributed by atoms with Crippen LogP contribution in [0, 0.1) is 29.6 Å². The van der Waals surface area contributed by atoms with Crippen LogP contribution >= 0.6 is 0 Å². The van der Waals surface area contributed by atoms with Crippen molar-refractivity contribution < 1.29 is 11.9 Å². The molecule has 0 aromatic carbocycles. The second kappa shape index (κ2) is 2.14. The van der Waals surface area contributed by atoms with Crippen LogP contribution in [-0.4, -0.2) is 13.2 Å². The predicted molar refractivity (Wildman–Crippen MR) is 58.3 cm³/mol. The smallest absolute Gasteiger partial charge is 0.0503 e. The van der Waals surface area contributed by atoms with Crippen molar-refractivity contribution in [3.8, 4) is 0 Å². The summed E-state index contributed by atoms with van der Waals surface area (Å²) in [6.45, 7) is 6.78. The van der Waals surface area contributed by atoms with E-state index in [1.165, 1.54) is 0 Å². The highest BCUT2D eigenvalue weighted by molar-refractivity contribution is 5.25. The summed E-state index contributed by atoms with van der Waals surface area (Å²) in [6, 6.07) is 0. The third-order valence-corrected chi connectivity index (χ3v) is 4.28. The molecule has 1 heteroatoms. The van der Waals surface area contributed by atoms with Gasteiger partial charge in [0.25, 0.3) is 0 Å². The summed E-state index contributed by atoms with van der Waals surface area (Å²) in [7, 11) is 0. The number of ether oxygens (including phenoxy) is 1. The molecule has 76 valence electrons. The van der Waals surface area contributed by atoms with Gasteiger partial charge in [-0.05, 0) is 36.5 Å². The van der Waals surface area contributed by atoms with E-state index in [0.29, 0.717) is 0 Å². The van der Waals surface area contributed by atoms with E-state index >= 15 is 0 Å². The molecule has 0 spiro atoms. The van der Waals surface area contributed by atoms with E-state index < -0.39 is 0 Å². The Labute approximate surface area is 81.2 Å². The zero-order valence-corrected chi connectivity index (χ0v) is 7.79. The lowest BCUT2D eigenvalue weighted by molar-refractivity contribution is 0.154. The van der Waals surface area contributed by atoms with Crippen LogP contribution in [0.2, 0.25) is 0 Å². The quantitative estimate of drug-likeness (QED) is 0.512. The number of hydrogen-bond donors (Lipinski definition) is 0. The summed E-state index contributed by atoms with van der Waals surface area (Å²) in [6.07, 6.45) is 2.51. The van der Waals surface area contributed by atoms with Gasteiger partial charge in [0, 0.05) is 7.13 Å². The second-order valence-corrected chi connectivity index (χ2v) is 4.74. The van der Waals surface area contributed by atoms with Gasteiger partial charge in [0.15, 0.2) is 0 Å². The molecule has 3 aliphatic rings. The van der Waals surface area contributed by atoms with Crippen molar-refractivity contribution >= 4 is 0 Å². The number of fused-ring (bicyclic) bond motifs is 5. The molecule has 0 N–H and O–H groups in total. The lowest BCUT2D eigenvalue weighted by Crippen LogP contribution is -2.19. The molecule has 1 saturated heterocycles. The Morgan fingerprint density at radius 1 is 1.42 bits per heavy atom. The fourth-order valence-electron chi connectivity index (χ4n) is 3.82. The maximum atomic E-state index is 5.56. The van der Waals surface area contributed by atoms with Gasteiger partial charge in [-0.2, -0.15) is 0 Å². The monoisotopic (exact) mass is 174 g/mol. The van der Waals surface area contributed by atoms with E-state index in [0.717, 1.165) is 42.8 Å². The third-order valence-electron chi connectivity index (χ3n) is 4.28. The summed E-state index contributed by atoms with van der Waals surface area (Å²) < 4.78 is 5.56. The van der Waals surface area contributed by atoms with Crippen molar-refractivity contribution in [2.75, 3.05) is 13.2 Å². The van der Waals surface area contributed by atoms with Gasteiger partial charge in [-0.15, -0.1) is 0 Å². The highest BCUT2D eigenvalue weighted by Gasteiger charge is 2.53. The van der Waals surface area contributed by atoms with Crippen LogP contribution < -0.4 is 0 Å². The fourth-order valence-corrected chi connectivity index (χ4v) is 3.82. The maximum Gasteiger partial charge on any atom is 0.0503 e. The Bertz CT molecular complexity index is 258. The van der Waals surface area contributed by atoms with E-state index in [4.69, 9.17) is 4.74 Å². The molecule has 0 radical (unpaired) electrons. The molecule has 12 heavy (non-hydrogen) atoms. The van der Waals surface area contributed by atoms with Gasteiger partial charge < -0.3 is 4.74 Å². The molecule has 1 aliphatic heterocycles. The van der Waals surface area contributed by atoms with Crippen molar-refractivity contribution in [3.63, 3.8) is 0 Å². The van der Waals surface area contributed by atoms with E-state index in [2.05, 4.69) is 19.9 Å². The topological polar surface area (TPSA) is 9.23 Å². The van der Waals surface area contributed by atoms with Gasteiger partial charge >= 0.3 is 0 Å². The molecule has 2 aliphatic carbocycles. The zero-order chi connectivity index (χ0) is 8.29. The lowest BCUT2D eigenvalue weighted by atomic mass is 9.82. The maximum absolute atomic E-state index is 5.56. The first-order valence-electron chi connectivity index (χ1n) is 5.05. The molecule has 3 rings (SSSR count). The van der Waals surface area contributed by atoms with Gasteiger partial charge in [-0.1, -0.05) is 18.6 Å². The first kappa shape index (κ1) is 7.14. The summed E-state index contributed by atoms with van der Waals surface area (Å²) in [5.41, 5.74) is 1.64. The highest BCUT2D eigenvalue weighted by Crippen LogP contribution is 2.56. The predicted octanol–water partition coefficient (Wildman–Crippen LogP) is 3.32. The molecule has 1 heterocycles. The second-order valence-electron chi connectivity index (χ2n) is 4.74. The Balaban J connectivity index is -0.000000392. The van der Waals surface area contributed by atoms with E-state index in [-0.39, 0.29) is 7.13 Å². The van der Waals surface area contributed by atoms with Gasteiger partial charge in [0.2, 0.25) is 0 Å². The van der Waals surface area contributed by atoms with E-state index in [1.807, 2.05) is 0 Å². The van der Waals surface area contributed by atoms with Crippen LogP contribution in [-0.2, 0) is 4.74 Å². The molecule has 2 bridgehead atoms. The molecular formula is C11H26O. The van der Waals surface area contributed by atoms with Crippen LogP contribution in [0.15, 0.2) is 11.6 Å². The number of allylic oxidation sites excluding steroid dienone is 2. The van der Waals surface area contributed by atoms with Crippen molar-refractivity contribution in [1.82, 2.24) is 0 Å². The van der Waals surface area contributed by atoms with Gasteiger partial charge in [0.05, 0.1) is 13.2 Å². The minimum atomic E-state index is 0. The molecule has 1 nitrogen and oxygen atoms in total. The normalized spacial score (nSPS) is 55.8. The Morgan fingerprint density at radius 3 is 3.00 bits per heavy atom. The first-order chi connectivity index (χ1) is 5.79. The molecule has 5 atom stereocenters. The summed E-state index contributed by atoms with van der Waals surface area (Å²) >= 11 is 0. The third kappa shape index (κ3) is 0.646. The summed E-state index contributed by atoms with van der Waals surface area (Å²) in [5, 5.41) is 0. The van der Waals surface area contributed by atoms with Crippen LogP contribution in [0.3, 0.4) is 0 Å². The number of rotatable bonds is 0. The van der Waals surface area contributed by atoms with Gasteiger partial charge in [0.1, 0.15) is 0 Å². The number of hydrogen-bond acceptors (Lipinski definition) is 1. The summed E-state index contributed by atoms with van der Waals surface area (Å²) in [5.74, 6) is 4.36. The molecule has 2 fully saturated rings. The molecule has 0 aromatic rings. The van der Waals surface area contributed by atoms with Crippen LogP contribution in [0.4, 0.5) is 0 Å². The molecule has 1 saturated carbocycles. The van der Waals surface area contributed by atoms with Crippen LogP contribution in [0.1, 0.15) is 21.0 Å². The zero-order valence-electron chi connectivity index (χ0n) is 7.79. The van der Waals surface area contributed by atoms with E-state index in [1.54, 1.807) is 5.57 Å².